The average Bonchev–Trinajstić information content (AvgIpc) is 3.39. The molecule has 0 saturated carbocycles. The number of aromatic amines is 1. The fourth-order valence-corrected chi connectivity index (χ4v) is 9.61. The van der Waals surface area contributed by atoms with Gasteiger partial charge in [-0.05, 0) is 26.8 Å². The number of carbonyl (C=O) groups excluding carboxylic acids is 4. The quantitative estimate of drug-likeness (QED) is 0.0495. The first kappa shape index (κ1) is 38.6. The van der Waals surface area contributed by atoms with E-state index >= 15 is 0 Å². The Bertz CT molecular complexity index is 2310. The number of aromatic hydroxyl groups is 2. The zero-order chi connectivity index (χ0) is 40.4. The predicted octanol–water partition coefficient (Wildman–Crippen LogP) is -0.510. The molecule has 5 aliphatic heterocycles. The first-order chi connectivity index (χ1) is 26.4. The Morgan fingerprint density at radius 3 is 2.50 bits per heavy atom. The van der Waals surface area contributed by atoms with E-state index in [1.54, 1.807) is 4.90 Å². The molecular weight excluding hydrogens is 773 g/mol. The number of anilines is 1. The number of nitrogens with two attached hydrogens (primary N) is 1. The smallest absolute Gasteiger partial charge is 0.350 e. The van der Waals surface area contributed by atoms with Crippen molar-refractivity contribution in [3.8, 4) is 11.5 Å². The number of nitrogen functional groups attached to an aromatic ring is 1. The van der Waals surface area contributed by atoms with E-state index in [-0.39, 0.29) is 52.1 Å². The number of hydrogen-bond acceptors (Lipinski definition) is 15. The molecule has 56 heavy (non-hydrogen) atoms. The van der Waals surface area contributed by atoms with Crippen LogP contribution in [0.1, 0.15) is 49.7 Å². The summed E-state index contributed by atoms with van der Waals surface area (Å²) in [7, 11) is 0. The van der Waals surface area contributed by atoms with Crippen LogP contribution in [0.15, 0.2) is 44.9 Å². The molecule has 296 valence electrons. The third-order valence-corrected chi connectivity index (χ3v) is 13.0. The number of carboxylic acids is 2. The molecule has 0 radical (unpaired) electrons. The third-order valence-electron chi connectivity index (χ3n) is 10.9. The van der Waals surface area contributed by atoms with Gasteiger partial charge in [-0.1, -0.05) is 5.16 Å². The number of carbonyl (C=O) groups is 5. The van der Waals surface area contributed by atoms with Crippen molar-refractivity contribution in [1.29, 1.82) is 0 Å². The molecule has 7 N–H and O–H groups in total. The van der Waals surface area contributed by atoms with Crippen molar-refractivity contribution in [2.24, 2.45) is 5.16 Å². The van der Waals surface area contributed by atoms with Gasteiger partial charge in [0.05, 0.1) is 48.7 Å². The van der Waals surface area contributed by atoms with Crippen LogP contribution < -0.4 is 21.6 Å². The number of fused-ring (bicyclic) bond motifs is 6. The molecular formula is C35H38N8O11S2. The fourth-order valence-electron chi connectivity index (χ4n) is 7.62. The second-order valence-electron chi connectivity index (χ2n) is 14.7. The maximum absolute atomic E-state index is 13.9. The van der Waals surface area contributed by atoms with Crippen LogP contribution in [0.25, 0.3) is 10.9 Å². The number of nitrogens with zero attached hydrogens (tertiary/aromatic N) is 5. The highest BCUT2D eigenvalue weighted by atomic mass is 32.2. The number of nitrogens with one attached hydrogen (secondary N) is 2. The molecule has 8 rings (SSSR count). The lowest BCUT2D eigenvalue weighted by Gasteiger charge is -2.53. The van der Waals surface area contributed by atoms with Gasteiger partial charge >= 0.3 is 5.97 Å². The number of aliphatic carboxylic acids is 2. The van der Waals surface area contributed by atoms with Crippen LogP contribution in [0.5, 0.6) is 11.5 Å². The van der Waals surface area contributed by atoms with E-state index in [0.29, 0.717) is 42.5 Å². The van der Waals surface area contributed by atoms with Crippen LogP contribution in [-0.4, -0.2) is 136 Å². The van der Waals surface area contributed by atoms with Gasteiger partial charge in [-0.25, -0.2) is 9.78 Å². The molecule has 0 unspecified atom stereocenters. The minimum absolute atomic E-state index is 0.0157. The van der Waals surface area contributed by atoms with Crippen LogP contribution in [0.3, 0.4) is 0 Å². The predicted molar refractivity (Wildman–Crippen MR) is 199 cm³/mol. The van der Waals surface area contributed by atoms with E-state index in [4.69, 9.17) is 10.6 Å². The van der Waals surface area contributed by atoms with E-state index in [1.165, 1.54) is 43.3 Å². The summed E-state index contributed by atoms with van der Waals surface area (Å²) in [6, 6.07) is 0.970. The van der Waals surface area contributed by atoms with Gasteiger partial charge in [0.15, 0.2) is 22.3 Å². The van der Waals surface area contributed by atoms with Crippen LogP contribution in [-0.2, 0) is 24.0 Å². The average molecular weight is 811 g/mol. The number of thioether (sulfide) groups is 1. The second kappa shape index (κ2) is 14.1. The zero-order valence-electron chi connectivity index (χ0n) is 30.3. The Morgan fingerprint density at radius 2 is 1.86 bits per heavy atom. The molecule has 0 aliphatic carbocycles. The molecule has 4 saturated heterocycles. The van der Waals surface area contributed by atoms with Gasteiger partial charge in [0.25, 0.3) is 17.7 Å². The maximum Gasteiger partial charge on any atom is 0.350 e. The van der Waals surface area contributed by atoms with Crippen molar-refractivity contribution < 1.29 is 53.7 Å². The molecule has 5 aliphatic rings. The monoisotopic (exact) mass is 810 g/mol. The van der Waals surface area contributed by atoms with Gasteiger partial charge in [0.2, 0.25) is 11.0 Å². The molecule has 19 nitrogen and oxygen atoms in total. The number of amides is 3. The number of carboxylic acid groups (broad SMARTS) is 2. The highest BCUT2D eigenvalue weighted by Crippen LogP contribution is 2.45. The molecule has 4 fully saturated rings. The number of H-pyrrole nitrogens is 1. The SMILES string of the molecule is C[C@@H]1S[C@@H]2[C@H](NC(=O)/C(=N\OC(C)(C)C(=O)O)c3csc(N)n3)C(=O)N2C(C(=O)[O-])=C1C[N+]12CCC(CC1)N(C(=O)c1c[nH]c3cc(O)c(O)cc3c1=O)CC2. The first-order valence-electron chi connectivity index (χ1n) is 17.6. The summed E-state index contributed by atoms with van der Waals surface area (Å²) in [6.07, 6.45) is 2.47. The molecule has 1 aromatic carbocycles. The number of phenolic OH excluding ortho intramolecular Hbond substituents is 2. The number of rotatable bonds is 10. The van der Waals surface area contributed by atoms with E-state index in [1.807, 2.05) is 6.92 Å². The minimum Gasteiger partial charge on any atom is -0.543 e. The second-order valence-corrected chi connectivity index (χ2v) is 17.1. The standard InChI is InChI=1S/C35H38N8O11S2/c1-15-19(13-43-7-4-16(5-8-43)41(6-9-43)29(48)18-12-37-20-11-23(45)22(44)10-17(20)27(18)46)26(32(50)51)42-30(49)25(31(42)56-15)39-28(47)24(21-14-55-34(36)38-21)40-54-35(2,3)33(52)53/h10-12,14-16,25,31H,4-9,13H2,1-3H3,(H7-,36,37,38,39,40,44,45,46,47,48,50,51,52,53)/t15-,16?,25+,31+,43?/m0/s1. The Hall–Kier alpha value is -5.67. The number of pyridine rings is 1. The number of phenols is 2. The van der Waals surface area contributed by atoms with Crippen molar-refractivity contribution in [1.82, 2.24) is 25.1 Å². The summed E-state index contributed by atoms with van der Waals surface area (Å²) in [5.74, 6) is -5.88. The zero-order valence-corrected chi connectivity index (χ0v) is 31.9. The number of β-lactam (4-membered cyclic amide) rings is 1. The molecule has 3 atom stereocenters. The number of aromatic nitrogens is 2. The molecule has 21 heteroatoms. The summed E-state index contributed by atoms with van der Waals surface area (Å²) >= 11 is 2.29. The number of thiazole rings is 1. The molecule has 2 bridgehead atoms. The van der Waals surface area contributed by atoms with Gasteiger partial charge < -0.3 is 55.5 Å². The molecule has 3 amide bonds. The van der Waals surface area contributed by atoms with E-state index in [9.17, 15) is 49.2 Å². The molecule has 3 aromatic rings. The third kappa shape index (κ3) is 6.68. The number of oxime groups is 1. The highest BCUT2D eigenvalue weighted by molar-refractivity contribution is 8.00. The van der Waals surface area contributed by atoms with Crippen molar-refractivity contribution in [3.05, 3.63) is 56.5 Å². The van der Waals surface area contributed by atoms with E-state index < -0.39 is 74.6 Å². The summed E-state index contributed by atoms with van der Waals surface area (Å²) in [6.45, 7) is 6.48. The summed E-state index contributed by atoms with van der Waals surface area (Å²) in [5, 5.41) is 48.7. The summed E-state index contributed by atoms with van der Waals surface area (Å²) in [4.78, 5) is 93.7. The highest BCUT2D eigenvalue weighted by Gasteiger charge is 2.56. The van der Waals surface area contributed by atoms with Crippen molar-refractivity contribution in [2.45, 2.75) is 61.9 Å². The van der Waals surface area contributed by atoms with Crippen molar-refractivity contribution in [2.75, 3.05) is 38.5 Å². The lowest BCUT2D eigenvalue weighted by atomic mass is 9.97. The maximum atomic E-state index is 13.9. The van der Waals surface area contributed by atoms with Gasteiger partial charge in [-0.2, -0.15) is 0 Å². The van der Waals surface area contributed by atoms with Crippen molar-refractivity contribution >= 4 is 74.5 Å². The number of hydrogen-bond donors (Lipinski definition) is 6. The lowest BCUT2D eigenvalue weighted by Crippen LogP contribution is -2.72. The van der Waals surface area contributed by atoms with E-state index in [0.717, 1.165) is 22.3 Å². The van der Waals surface area contributed by atoms with Crippen LogP contribution in [0.2, 0.25) is 0 Å². The molecule has 7 heterocycles. The van der Waals surface area contributed by atoms with Crippen LogP contribution >= 0.6 is 23.1 Å². The normalized spacial score (nSPS) is 25.1. The number of quaternary nitrogens is 1. The Labute approximate surface area is 326 Å². The lowest BCUT2D eigenvalue weighted by molar-refractivity contribution is -0.925. The Kier molecular flexibility index (Phi) is 9.73. The number of piperidine rings is 1. The molecule has 0 spiro atoms. The Balaban J connectivity index is 1.09. The van der Waals surface area contributed by atoms with Gasteiger partial charge in [0.1, 0.15) is 29.2 Å². The number of benzene rings is 1. The Morgan fingerprint density at radius 1 is 1.16 bits per heavy atom. The van der Waals surface area contributed by atoms with Crippen molar-refractivity contribution in [3.63, 3.8) is 0 Å². The van der Waals surface area contributed by atoms with Gasteiger partial charge in [-0.15, -0.1) is 23.1 Å². The summed E-state index contributed by atoms with van der Waals surface area (Å²) in [5.41, 5.74) is 3.27. The fraction of sp³-hybridized carbons (Fsp3) is 0.429. The summed E-state index contributed by atoms with van der Waals surface area (Å²) < 4.78 is 0.439. The van der Waals surface area contributed by atoms with Gasteiger partial charge in [-0.3, -0.25) is 24.1 Å². The minimum atomic E-state index is -1.81. The van der Waals surface area contributed by atoms with Gasteiger partial charge in [0, 0.05) is 47.3 Å². The van der Waals surface area contributed by atoms with Crippen LogP contribution in [0, 0.1) is 0 Å². The first-order valence-corrected chi connectivity index (χ1v) is 19.4. The van der Waals surface area contributed by atoms with Crippen LogP contribution in [0.4, 0.5) is 5.13 Å². The molecule has 2 aromatic heterocycles. The van der Waals surface area contributed by atoms with E-state index in [2.05, 4.69) is 20.4 Å². The topological polar surface area (TPSA) is 281 Å². The largest absolute Gasteiger partial charge is 0.543 e.